The van der Waals surface area contributed by atoms with Crippen molar-refractivity contribution in [2.75, 3.05) is 45.2 Å². The number of anilines is 1. The van der Waals surface area contributed by atoms with Gasteiger partial charge in [0.2, 0.25) is 0 Å². The molecule has 0 atom stereocenters. The van der Waals surface area contributed by atoms with Crippen LogP contribution in [0, 0.1) is 0 Å². The van der Waals surface area contributed by atoms with E-state index in [-0.39, 0.29) is 0 Å². The Morgan fingerprint density at radius 1 is 0.958 bits per heavy atom. The molecule has 0 N–H and O–H groups in total. The lowest BCUT2D eigenvalue weighted by Gasteiger charge is -2.34. The van der Waals surface area contributed by atoms with Crippen molar-refractivity contribution < 1.29 is 9.15 Å². The van der Waals surface area contributed by atoms with E-state index in [1.165, 1.54) is 5.69 Å². The van der Waals surface area contributed by atoms with E-state index in [2.05, 4.69) is 47.2 Å². The molecule has 1 saturated heterocycles. The summed E-state index contributed by atoms with van der Waals surface area (Å²) in [6.45, 7) is 4.13. The molecule has 4 nitrogen and oxygen atoms in total. The molecule has 1 aliphatic rings. The van der Waals surface area contributed by atoms with Gasteiger partial charge in [-0.3, -0.25) is 0 Å². The first kappa shape index (κ1) is 15.1. The van der Waals surface area contributed by atoms with Crippen LogP contribution in [-0.4, -0.2) is 45.2 Å². The third-order valence-electron chi connectivity index (χ3n) is 4.72. The van der Waals surface area contributed by atoms with Crippen LogP contribution in [0.25, 0.3) is 22.3 Å². The fourth-order valence-corrected chi connectivity index (χ4v) is 3.32. The van der Waals surface area contributed by atoms with Gasteiger partial charge in [0.05, 0.1) is 12.8 Å². The van der Waals surface area contributed by atoms with Crippen LogP contribution in [0.1, 0.15) is 0 Å². The summed E-state index contributed by atoms with van der Waals surface area (Å²) in [5.74, 6) is 1.81. The minimum Gasteiger partial charge on any atom is -0.497 e. The van der Waals surface area contributed by atoms with Crippen LogP contribution in [-0.2, 0) is 0 Å². The molecule has 1 aliphatic heterocycles. The first-order valence-corrected chi connectivity index (χ1v) is 8.36. The van der Waals surface area contributed by atoms with Gasteiger partial charge in [0.1, 0.15) is 11.3 Å². The summed E-state index contributed by atoms with van der Waals surface area (Å²) in [5, 5.41) is 1.12. The highest BCUT2D eigenvalue weighted by Gasteiger charge is 2.24. The van der Waals surface area contributed by atoms with E-state index in [1.807, 2.05) is 18.2 Å². The molecule has 2 aromatic carbocycles. The summed E-state index contributed by atoms with van der Waals surface area (Å²) in [6.07, 6.45) is 0. The molecule has 0 bridgehead atoms. The zero-order chi connectivity index (χ0) is 16.5. The normalized spacial score (nSPS) is 15.8. The number of methoxy groups -OCH3 is 1. The summed E-state index contributed by atoms with van der Waals surface area (Å²) >= 11 is 0. The molecule has 0 saturated carbocycles. The molecular formula is C20H22N2O2. The van der Waals surface area contributed by atoms with Crippen LogP contribution in [0.15, 0.2) is 52.9 Å². The molecule has 2 heterocycles. The van der Waals surface area contributed by atoms with Crippen LogP contribution in [0.5, 0.6) is 5.75 Å². The Balaban J connectivity index is 1.89. The maximum absolute atomic E-state index is 6.25. The summed E-state index contributed by atoms with van der Waals surface area (Å²) in [6, 6.07) is 16.4. The van der Waals surface area contributed by atoms with Crippen molar-refractivity contribution in [2.24, 2.45) is 0 Å². The smallest absolute Gasteiger partial charge is 0.158 e. The summed E-state index contributed by atoms with van der Waals surface area (Å²) in [4.78, 5) is 4.80. The number of hydrogen-bond donors (Lipinski definition) is 0. The highest BCUT2D eigenvalue weighted by atomic mass is 16.5. The number of hydrogen-bond acceptors (Lipinski definition) is 4. The molecule has 0 amide bonds. The average molecular weight is 322 g/mol. The maximum atomic E-state index is 6.25. The number of ether oxygens (including phenoxy) is 1. The quantitative estimate of drug-likeness (QED) is 0.732. The Morgan fingerprint density at radius 2 is 1.71 bits per heavy atom. The summed E-state index contributed by atoms with van der Waals surface area (Å²) in [7, 11) is 3.88. The van der Waals surface area contributed by atoms with E-state index in [1.54, 1.807) is 7.11 Å². The minimum absolute atomic E-state index is 0.860. The van der Waals surface area contributed by atoms with E-state index in [9.17, 15) is 0 Å². The Bertz CT molecular complexity index is 833. The number of furan rings is 1. The zero-order valence-electron chi connectivity index (χ0n) is 14.2. The van der Waals surface area contributed by atoms with Gasteiger partial charge in [-0.05, 0) is 25.2 Å². The molecule has 0 unspecified atom stereocenters. The topological polar surface area (TPSA) is 28.9 Å². The van der Waals surface area contributed by atoms with Gasteiger partial charge in [-0.15, -0.1) is 0 Å². The van der Waals surface area contributed by atoms with E-state index in [4.69, 9.17) is 9.15 Å². The lowest BCUT2D eigenvalue weighted by atomic mass is 10.1. The second-order valence-corrected chi connectivity index (χ2v) is 6.30. The van der Waals surface area contributed by atoms with Gasteiger partial charge in [-0.2, -0.15) is 0 Å². The van der Waals surface area contributed by atoms with Crippen molar-refractivity contribution in [3.8, 4) is 17.1 Å². The van der Waals surface area contributed by atoms with Gasteiger partial charge in [0.25, 0.3) is 0 Å². The number of rotatable bonds is 3. The maximum Gasteiger partial charge on any atom is 0.158 e. The Labute approximate surface area is 142 Å². The van der Waals surface area contributed by atoms with Gasteiger partial charge >= 0.3 is 0 Å². The fraction of sp³-hybridized carbons (Fsp3) is 0.300. The first-order chi connectivity index (χ1) is 11.8. The largest absolute Gasteiger partial charge is 0.497 e. The average Bonchev–Trinajstić information content (AvgIpc) is 3.01. The summed E-state index contributed by atoms with van der Waals surface area (Å²) < 4.78 is 11.7. The third kappa shape index (κ3) is 2.63. The van der Waals surface area contributed by atoms with Gasteiger partial charge < -0.3 is 19.0 Å². The zero-order valence-corrected chi connectivity index (χ0v) is 14.2. The van der Waals surface area contributed by atoms with E-state index < -0.39 is 0 Å². The SMILES string of the molecule is COc1ccc2oc(-c3ccccc3)c(N3CCN(C)CC3)c2c1. The van der Waals surface area contributed by atoms with Crippen LogP contribution >= 0.6 is 0 Å². The van der Waals surface area contributed by atoms with Gasteiger partial charge in [0.15, 0.2) is 5.76 Å². The Kier molecular flexibility index (Phi) is 3.90. The predicted octanol–water partition coefficient (Wildman–Crippen LogP) is 3.86. The highest BCUT2D eigenvalue weighted by Crippen LogP contribution is 2.42. The minimum atomic E-state index is 0.860. The third-order valence-corrected chi connectivity index (χ3v) is 4.72. The second kappa shape index (κ2) is 6.21. The monoisotopic (exact) mass is 322 g/mol. The number of piperazine rings is 1. The number of benzene rings is 2. The molecule has 24 heavy (non-hydrogen) atoms. The van der Waals surface area contributed by atoms with Crippen LogP contribution < -0.4 is 9.64 Å². The number of likely N-dealkylation sites (N-methyl/N-ethyl adjacent to an activating group) is 1. The van der Waals surface area contributed by atoms with Crippen LogP contribution in [0.3, 0.4) is 0 Å². The molecule has 3 aromatic rings. The Hall–Kier alpha value is -2.46. The predicted molar refractivity (Wildman–Crippen MR) is 97.9 cm³/mol. The highest BCUT2D eigenvalue weighted by molar-refractivity contribution is 6.00. The van der Waals surface area contributed by atoms with Crippen molar-refractivity contribution in [2.45, 2.75) is 0 Å². The molecule has 0 spiro atoms. The second-order valence-electron chi connectivity index (χ2n) is 6.30. The molecule has 0 aliphatic carbocycles. The Morgan fingerprint density at radius 3 is 2.42 bits per heavy atom. The van der Waals surface area contributed by atoms with Crippen LogP contribution in [0.4, 0.5) is 5.69 Å². The lowest BCUT2D eigenvalue weighted by Crippen LogP contribution is -2.44. The van der Waals surface area contributed by atoms with Gasteiger partial charge in [-0.1, -0.05) is 30.3 Å². The van der Waals surface area contributed by atoms with Crippen molar-refractivity contribution in [3.05, 3.63) is 48.5 Å². The standard InChI is InChI=1S/C20H22N2O2/c1-21-10-12-22(13-11-21)19-17-14-16(23-2)8-9-18(17)24-20(19)15-6-4-3-5-7-15/h3-9,14H,10-13H2,1-2H3. The summed E-state index contributed by atoms with van der Waals surface area (Å²) in [5.41, 5.74) is 3.20. The van der Waals surface area contributed by atoms with Crippen molar-refractivity contribution in [1.29, 1.82) is 0 Å². The first-order valence-electron chi connectivity index (χ1n) is 8.36. The number of fused-ring (bicyclic) bond motifs is 1. The van der Waals surface area contributed by atoms with E-state index in [0.717, 1.165) is 54.2 Å². The molecule has 124 valence electrons. The fourth-order valence-electron chi connectivity index (χ4n) is 3.32. The van der Waals surface area contributed by atoms with Gasteiger partial charge in [0, 0.05) is 37.1 Å². The lowest BCUT2D eigenvalue weighted by molar-refractivity contribution is 0.313. The van der Waals surface area contributed by atoms with E-state index in [0.29, 0.717) is 0 Å². The molecule has 4 heteroatoms. The van der Waals surface area contributed by atoms with Gasteiger partial charge in [-0.25, -0.2) is 0 Å². The van der Waals surface area contributed by atoms with Crippen molar-refractivity contribution in [1.82, 2.24) is 4.90 Å². The molecule has 4 rings (SSSR count). The molecule has 0 radical (unpaired) electrons. The van der Waals surface area contributed by atoms with E-state index >= 15 is 0 Å². The number of nitrogens with zero attached hydrogens (tertiary/aromatic N) is 2. The molecule has 1 fully saturated rings. The molecule has 1 aromatic heterocycles. The molecular weight excluding hydrogens is 300 g/mol. The van der Waals surface area contributed by atoms with Crippen molar-refractivity contribution in [3.63, 3.8) is 0 Å². The van der Waals surface area contributed by atoms with Crippen molar-refractivity contribution >= 4 is 16.7 Å². The van der Waals surface area contributed by atoms with Crippen LogP contribution in [0.2, 0.25) is 0 Å².